The molecule has 0 amide bonds. The van der Waals surface area contributed by atoms with Crippen molar-refractivity contribution < 1.29 is 18.7 Å². The molecule has 1 heterocycles. The van der Waals surface area contributed by atoms with E-state index in [4.69, 9.17) is 13.9 Å². The molecule has 1 saturated heterocycles. The van der Waals surface area contributed by atoms with Gasteiger partial charge in [-0.3, -0.25) is 0 Å². The van der Waals surface area contributed by atoms with Crippen LogP contribution >= 0.6 is 0 Å². The van der Waals surface area contributed by atoms with Crippen molar-refractivity contribution >= 4 is 14.6 Å². The second-order valence-corrected chi connectivity index (χ2v) is 14.5. The number of rotatable bonds is 5. The van der Waals surface area contributed by atoms with Crippen molar-refractivity contribution in [2.24, 2.45) is 17.8 Å². The molecule has 3 fully saturated rings. The van der Waals surface area contributed by atoms with Crippen molar-refractivity contribution in [2.75, 3.05) is 6.61 Å². The van der Waals surface area contributed by atoms with Gasteiger partial charge < -0.3 is 18.7 Å². The van der Waals surface area contributed by atoms with Gasteiger partial charge in [-0.2, -0.15) is 0 Å². The van der Waals surface area contributed by atoms with Crippen molar-refractivity contribution in [3.05, 3.63) is 0 Å². The number of fused-ring (bicyclic) bond motifs is 1. The molecule has 2 saturated carbocycles. The van der Waals surface area contributed by atoms with E-state index in [2.05, 4.69) is 33.9 Å². The van der Waals surface area contributed by atoms with E-state index >= 15 is 0 Å². The minimum absolute atomic E-state index is 0.0152. The predicted octanol–water partition coefficient (Wildman–Crippen LogP) is 4.53. The molecule has 0 spiro atoms. The highest BCUT2D eigenvalue weighted by atomic mass is 28.4. The molecule has 4 nitrogen and oxygen atoms in total. The van der Waals surface area contributed by atoms with Crippen LogP contribution in [-0.4, -0.2) is 39.7 Å². The monoisotopic (exact) mass is 368 g/mol. The Morgan fingerprint density at radius 2 is 1.80 bits per heavy atom. The fraction of sp³-hybridized carbons (Fsp3) is 0.950. The number of hydrogen-bond donors (Lipinski definition) is 0. The van der Waals surface area contributed by atoms with Crippen LogP contribution in [-0.2, 0) is 18.7 Å². The van der Waals surface area contributed by atoms with Crippen LogP contribution in [0.4, 0.5) is 0 Å². The van der Waals surface area contributed by atoms with Crippen molar-refractivity contribution in [3.8, 4) is 0 Å². The molecule has 144 valence electrons. The van der Waals surface area contributed by atoms with Gasteiger partial charge in [0.2, 0.25) is 0 Å². The van der Waals surface area contributed by atoms with Crippen LogP contribution in [0.25, 0.3) is 0 Å². The normalized spacial score (nSPS) is 39.4. The molecule has 1 aliphatic heterocycles. The molecule has 6 atom stereocenters. The average molecular weight is 369 g/mol. The summed E-state index contributed by atoms with van der Waals surface area (Å²) in [6, 6.07) is 0. The summed E-state index contributed by atoms with van der Waals surface area (Å²) in [6.07, 6.45) is 7.73. The SMILES string of the molecule is CC(C)(C)[Si](C)(C)O[C@H]1CC[C@@H]2[C@@H](C=O)[C@H](OC3CCCCO3)C[C@@H]21. The second kappa shape index (κ2) is 7.41. The maximum Gasteiger partial charge on any atom is 0.192 e. The second-order valence-electron chi connectivity index (χ2n) is 9.74. The lowest BCUT2D eigenvalue weighted by molar-refractivity contribution is -0.195. The zero-order chi connectivity index (χ0) is 18.2. The topological polar surface area (TPSA) is 44.8 Å². The van der Waals surface area contributed by atoms with Crippen LogP contribution in [0.1, 0.15) is 59.3 Å². The molecule has 25 heavy (non-hydrogen) atoms. The molecule has 0 bridgehead atoms. The number of carbonyl (C=O) groups is 1. The maximum absolute atomic E-state index is 11.8. The Balaban J connectivity index is 1.65. The Bertz CT molecular complexity index is 467. The van der Waals surface area contributed by atoms with Crippen LogP contribution < -0.4 is 0 Å². The molecule has 1 unspecified atom stereocenters. The van der Waals surface area contributed by atoms with E-state index in [-0.39, 0.29) is 23.4 Å². The average Bonchev–Trinajstić information content (AvgIpc) is 3.06. The summed E-state index contributed by atoms with van der Waals surface area (Å²) in [6.45, 7) is 12.3. The van der Waals surface area contributed by atoms with E-state index in [0.29, 0.717) is 17.9 Å². The zero-order valence-electron chi connectivity index (χ0n) is 16.6. The highest BCUT2D eigenvalue weighted by Gasteiger charge is 2.53. The lowest BCUT2D eigenvalue weighted by Crippen LogP contribution is -2.45. The van der Waals surface area contributed by atoms with Crippen LogP contribution in [0.5, 0.6) is 0 Å². The Morgan fingerprint density at radius 1 is 1.04 bits per heavy atom. The summed E-state index contributed by atoms with van der Waals surface area (Å²) < 4.78 is 18.7. The van der Waals surface area contributed by atoms with Crippen LogP contribution in [0, 0.1) is 17.8 Å². The first-order valence-electron chi connectivity index (χ1n) is 10.1. The number of ether oxygens (including phenoxy) is 2. The van der Waals surface area contributed by atoms with Gasteiger partial charge in [0.25, 0.3) is 0 Å². The summed E-state index contributed by atoms with van der Waals surface area (Å²) in [5.74, 6) is 0.919. The molecule has 5 heteroatoms. The van der Waals surface area contributed by atoms with E-state index < -0.39 is 8.32 Å². The van der Waals surface area contributed by atoms with E-state index in [9.17, 15) is 4.79 Å². The Labute approximate surface area is 154 Å². The largest absolute Gasteiger partial charge is 0.414 e. The standard InChI is InChI=1S/C20H36O4Si/c1-20(2,3)25(4,5)24-17-10-9-14-15(17)12-18(16(14)13-21)23-19-8-6-7-11-22-19/h13-19H,6-12H2,1-5H3/t14-,15-,16+,17-,18+,19?/m0/s1. The first-order chi connectivity index (χ1) is 11.7. The molecule has 0 aromatic heterocycles. The molecule has 0 N–H and O–H groups in total. The van der Waals surface area contributed by atoms with Crippen molar-refractivity contribution in [1.82, 2.24) is 0 Å². The highest BCUT2D eigenvalue weighted by molar-refractivity contribution is 6.74. The summed E-state index contributed by atoms with van der Waals surface area (Å²) in [5.41, 5.74) is 0. The van der Waals surface area contributed by atoms with Crippen molar-refractivity contribution in [2.45, 2.75) is 95.9 Å². The first kappa shape index (κ1) is 19.5. The van der Waals surface area contributed by atoms with E-state index in [1.807, 2.05) is 0 Å². The molecule has 0 radical (unpaired) electrons. The van der Waals surface area contributed by atoms with Gasteiger partial charge in [-0.05, 0) is 68.5 Å². The third kappa shape index (κ3) is 4.04. The minimum atomic E-state index is -1.78. The van der Waals surface area contributed by atoms with Gasteiger partial charge in [-0.15, -0.1) is 0 Å². The summed E-state index contributed by atoms with van der Waals surface area (Å²) in [7, 11) is -1.78. The Hall–Kier alpha value is -0.233. The van der Waals surface area contributed by atoms with Gasteiger partial charge in [0.1, 0.15) is 6.29 Å². The fourth-order valence-corrected chi connectivity index (χ4v) is 6.02. The number of carbonyl (C=O) groups excluding carboxylic acids is 1. The summed E-state index contributed by atoms with van der Waals surface area (Å²) >= 11 is 0. The molecule has 0 aromatic rings. The van der Waals surface area contributed by atoms with Gasteiger partial charge >= 0.3 is 0 Å². The predicted molar refractivity (Wildman–Crippen MR) is 101 cm³/mol. The molecular formula is C20H36O4Si. The van der Waals surface area contributed by atoms with Crippen molar-refractivity contribution in [3.63, 3.8) is 0 Å². The van der Waals surface area contributed by atoms with Crippen LogP contribution in [0.15, 0.2) is 0 Å². The quantitative estimate of drug-likeness (QED) is 0.528. The number of hydrogen-bond acceptors (Lipinski definition) is 4. The smallest absolute Gasteiger partial charge is 0.192 e. The highest BCUT2D eigenvalue weighted by Crippen LogP contribution is 2.51. The zero-order valence-corrected chi connectivity index (χ0v) is 17.6. The molecule has 3 aliphatic rings. The van der Waals surface area contributed by atoms with Gasteiger partial charge in [0, 0.05) is 18.6 Å². The summed E-state index contributed by atoms with van der Waals surface area (Å²) in [4.78, 5) is 11.8. The fourth-order valence-electron chi connectivity index (χ4n) is 4.62. The molecule has 3 rings (SSSR count). The first-order valence-corrected chi connectivity index (χ1v) is 13.0. The third-order valence-electron chi connectivity index (χ3n) is 7.11. The molecule has 2 aliphatic carbocycles. The van der Waals surface area contributed by atoms with E-state index in [1.54, 1.807) is 0 Å². The Kier molecular flexibility index (Phi) is 5.79. The Morgan fingerprint density at radius 3 is 2.40 bits per heavy atom. The third-order valence-corrected chi connectivity index (χ3v) is 11.6. The van der Waals surface area contributed by atoms with Gasteiger partial charge in [-0.1, -0.05) is 20.8 Å². The molecular weight excluding hydrogens is 332 g/mol. The van der Waals surface area contributed by atoms with Crippen LogP contribution in [0.2, 0.25) is 18.1 Å². The van der Waals surface area contributed by atoms with Crippen molar-refractivity contribution in [1.29, 1.82) is 0 Å². The van der Waals surface area contributed by atoms with E-state index in [0.717, 1.165) is 51.4 Å². The lowest BCUT2D eigenvalue weighted by Gasteiger charge is -2.40. The lowest BCUT2D eigenvalue weighted by atomic mass is 9.92. The minimum Gasteiger partial charge on any atom is -0.414 e. The number of aldehydes is 1. The van der Waals surface area contributed by atoms with E-state index in [1.165, 1.54) is 0 Å². The summed E-state index contributed by atoms with van der Waals surface area (Å²) in [5, 5.41) is 0.222. The van der Waals surface area contributed by atoms with Gasteiger partial charge in [-0.25, -0.2) is 0 Å². The van der Waals surface area contributed by atoms with Gasteiger partial charge in [0.05, 0.1) is 6.10 Å². The van der Waals surface area contributed by atoms with Crippen LogP contribution in [0.3, 0.4) is 0 Å². The molecule has 0 aromatic carbocycles. The maximum atomic E-state index is 11.8. The van der Waals surface area contributed by atoms with Gasteiger partial charge in [0.15, 0.2) is 14.6 Å².